The van der Waals surface area contributed by atoms with Crippen molar-refractivity contribution in [2.45, 2.75) is 13.5 Å². The minimum Gasteiger partial charge on any atom is -0.398 e. The number of rotatable bonds is 5. The molecule has 0 atom stereocenters. The van der Waals surface area contributed by atoms with Crippen molar-refractivity contribution in [2.24, 2.45) is 0 Å². The van der Waals surface area contributed by atoms with Crippen LogP contribution in [-0.2, 0) is 6.54 Å². The number of amides is 2. The van der Waals surface area contributed by atoms with E-state index in [9.17, 15) is 9.18 Å². The van der Waals surface area contributed by atoms with E-state index in [0.717, 1.165) is 0 Å². The van der Waals surface area contributed by atoms with Crippen molar-refractivity contribution in [3.05, 3.63) is 47.7 Å². The lowest BCUT2D eigenvalue weighted by molar-refractivity contribution is 0.251. The van der Waals surface area contributed by atoms with Gasteiger partial charge in [-0.3, -0.25) is 15.7 Å². The zero-order valence-corrected chi connectivity index (χ0v) is 13.1. The number of nitrogen functional groups attached to an aromatic ring is 1. The number of hydrogen-bond acceptors (Lipinski definition) is 5. The Labute approximate surface area is 138 Å². The number of halogens is 1. The van der Waals surface area contributed by atoms with Crippen LogP contribution in [-0.4, -0.2) is 28.4 Å². The average Bonchev–Trinajstić information content (AvgIpc) is 2.54. The molecule has 126 valence electrons. The van der Waals surface area contributed by atoms with E-state index < -0.39 is 11.8 Å². The van der Waals surface area contributed by atoms with Gasteiger partial charge < -0.3 is 16.4 Å². The summed E-state index contributed by atoms with van der Waals surface area (Å²) in [4.78, 5) is 19.7. The second-order valence-electron chi connectivity index (χ2n) is 4.80. The first-order valence-electron chi connectivity index (χ1n) is 7.23. The third-order valence-electron chi connectivity index (χ3n) is 3.05. The highest BCUT2D eigenvalue weighted by Crippen LogP contribution is 2.15. The van der Waals surface area contributed by atoms with Crippen molar-refractivity contribution in [1.82, 2.24) is 20.6 Å². The Hall–Kier alpha value is -3.23. The van der Waals surface area contributed by atoms with Crippen LogP contribution in [0.1, 0.15) is 18.2 Å². The van der Waals surface area contributed by atoms with Gasteiger partial charge in [0.05, 0.1) is 17.8 Å². The van der Waals surface area contributed by atoms with E-state index in [4.69, 9.17) is 11.1 Å². The molecule has 0 spiro atoms. The molecule has 8 nitrogen and oxygen atoms in total. The molecule has 0 bridgehead atoms. The Morgan fingerprint density at radius 3 is 2.83 bits per heavy atom. The topological polar surface area (TPSA) is 129 Å². The summed E-state index contributed by atoms with van der Waals surface area (Å²) in [6, 6.07) is 3.61. The number of hydrogen-bond donors (Lipinski definition) is 5. The Bertz CT molecular complexity index is 750. The Morgan fingerprint density at radius 1 is 1.38 bits per heavy atom. The summed E-state index contributed by atoms with van der Waals surface area (Å²) in [6.07, 6.45) is 2.84. The third-order valence-corrected chi connectivity index (χ3v) is 3.05. The van der Waals surface area contributed by atoms with Crippen LogP contribution in [0.15, 0.2) is 30.6 Å². The molecule has 2 aromatic heterocycles. The smallest absolute Gasteiger partial charge is 0.320 e. The molecule has 2 heterocycles. The molecule has 0 aliphatic heterocycles. The zero-order valence-electron chi connectivity index (χ0n) is 13.1. The van der Waals surface area contributed by atoms with Gasteiger partial charge >= 0.3 is 6.03 Å². The van der Waals surface area contributed by atoms with Crippen molar-refractivity contribution < 1.29 is 9.18 Å². The zero-order chi connectivity index (χ0) is 17.5. The highest BCUT2D eigenvalue weighted by Gasteiger charge is 2.10. The second-order valence-corrected chi connectivity index (χ2v) is 4.80. The van der Waals surface area contributed by atoms with Crippen molar-refractivity contribution in [3.8, 4) is 0 Å². The second kappa shape index (κ2) is 7.86. The molecular weight excluding hydrogens is 313 g/mol. The molecule has 0 saturated carbocycles. The summed E-state index contributed by atoms with van der Waals surface area (Å²) < 4.78 is 13.4. The van der Waals surface area contributed by atoms with E-state index in [2.05, 4.69) is 25.9 Å². The van der Waals surface area contributed by atoms with Gasteiger partial charge in [0.2, 0.25) is 0 Å². The van der Waals surface area contributed by atoms with Crippen LogP contribution < -0.4 is 21.7 Å². The Morgan fingerprint density at radius 2 is 2.17 bits per heavy atom. The molecule has 9 heteroatoms. The first-order valence-corrected chi connectivity index (χ1v) is 7.23. The quantitative estimate of drug-likeness (QED) is 0.418. The molecule has 0 aliphatic carbocycles. The van der Waals surface area contributed by atoms with Crippen LogP contribution in [0.3, 0.4) is 0 Å². The van der Waals surface area contributed by atoms with Crippen molar-refractivity contribution in [1.29, 1.82) is 5.41 Å². The van der Waals surface area contributed by atoms with Gasteiger partial charge in [-0.05, 0) is 19.1 Å². The number of pyridine rings is 2. The predicted molar refractivity (Wildman–Crippen MR) is 89.2 cm³/mol. The van der Waals surface area contributed by atoms with Crippen molar-refractivity contribution >= 4 is 23.4 Å². The van der Waals surface area contributed by atoms with Crippen LogP contribution >= 0.6 is 0 Å². The van der Waals surface area contributed by atoms with Crippen LogP contribution in [0, 0.1) is 11.2 Å². The molecule has 2 aromatic rings. The molecule has 0 aromatic carbocycles. The molecule has 0 radical (unpaired) electrons. The molecule has 24 heavy (non-hydrogen) atoms. The highest BCUT2D eigenvalue weighted by molar-refractivity contribution is 6.01. The summed E-state index contributed by atoms with van der Waals surface area (Å²) in [5, 5.41) is 15.6. The van der Waals surface area contributed by atoms with Crippen molar-refractivity contribution in [3.63, 3.8) is 0 Å². The van der Waals surface area contributed by atoms with Crippen LogP contribution in [0.5, 0.6) is 0 Å². The lowest BCUT2D eigenvalue weighted by Crippen LogP contribution is -2.29. The number of urea groups is 1. The van der Waals surface area contributed by atoms with Crippen LogP contribution in [0.2, 0.25) is 0 Å². The maximum atomic E-state index is 13.4. The van der Waals surface area contributed by atoms with E-state index in [-0.39, 0.29) is 23.9 Å². The van der Waals surface area contributed by atoms with Gasteiger partial charge in [0, 0.05) is 30.7 Å². The minimum absolute atomic E-state index is 0.0584. The van der Waals surface area contributed by atoms with Crippen molar-refractivity contribution in [2.75, 3.05) is 17.6 Å². The number of nitrogens with one attached hydrogen (secondary N) is 4. The molecular formula is C15H18FN7O. The van der Waals surface area contributed by atoms with E-state index in [1.807, 2.05) is 6.92 Å². The third kappa shape index (κ3) is 4.38. The molecule has 0 saturated heterocycles. The van der Waals surface area contributed by atoms with E-state index >= 15 is 0 Å². The lowest BCUT2D eigenvalue weighted by atomic mass is 10.2. The normalized spacial score (nSPS) is 10.1. The van der Waals surface area contributed by atoms with Gasteiger partial charge in [0.25, 0.3) is 0 Å². The van der Waals surface area contributed by atoms with Gasteiger partial charge in [-0.15, -0.1) is 0 Å². The number of anilines is 2. The largest absolute Gasteiger partial charge is 0.398 e. The fourth-order valence-corrected chi connectivity index (χ4v) is 1.89. The summed E-state index contributed by atoms with van der Waals surface area (Å²) in [5.74, 6) is -0.116. The number of nitrogens with zero attached hydrogens (tertiary/aromatic N) is 2. The molecule has 0 fully saturated rings. The van der Waals surface area contributed by atoms with Crippen LogP contribution in [0.25, 0.3) is 0 Å². The number of nitrogens with two attached hydrogens (primary N) is 1. The van der Waals surface area contributed by atoms with Gasteiger partial charge in [-0.1, -0.05) is 0 Å². The standard InChI is InChI=1S/C15H18FN7O/c1-2-19-14(18)9-7-21-13(6-11(9)17)23-15(24)22-8-12-10(16)4-3-5-20-12/h3-7H,2,8H2,1H3,(H2,18,19)(H4,17,21,22,23,24). The van der Waals surface area contributed by atoms with Gasteiger partial charge in [-0.25, -0.2) is 14.2 Å². The maximum Gasteiger partial charge on any atom is 0.320 e. The predicted octanol–water partition coefficient (Wildman–Crippen LogP) is 1.45. The fraction of sp³-hybridized carbons (Fsp3) is 0.200. The van der Waals surface area contributed by atoms with Gasteiger partial charge in [0.1, 0.15) is 17.5 Å². The average molecular weight is 331 g/mol. The number of aromatic nitrogens is 2. The SMILES string of the molecule is CCNC(=N)c1cnc(NC(=O)NCc2ncccc2F)cc1N. The molecule has 0 aliphatic rings. The van der Waals surface area contributed by atoms with Gasteiger partial charge in [-0.2, -0.15) is 0 Å². The number of amidine groups is 1. The summed E-state index contributed by atoms with van der Waals surface area (Å²) in [7, 11) is 0. The van der Waals surface area contributed by atoms with Gasteiger partial charge in [0.15, 0.2) is 0 Å². The van der Waals surface area contributed by atoms with E-state index in [1.165, 1.54) is 30.6 Å². The monoisotopic (exact) mass is 331 g/mol. The van der Waals surface area contributed by atoms with Crippen LogP contribution in [0.4, 0.5) is 20.7 Å². The maximum absolute atomic E-state index is 13.4. The summed E-state index contributed by atoms with van der Waals surface area (Å²) in [5.41, 5.74) is 6.75. The number of carbonyl (C=O) groups is 1. The summed E-state index contributed by atoms with van der Waals surface area (Å²) >= 11 is 0. The van der Waals surface area contributed by atoms with E-state index in [1.54, 1.807) is 0 Å². The first-order chi connectivity index (χ1) is 11.5. The number of carbonyl (C=O) groups excluding carboxylic acids is 1. The van der Waals surface area contributed by atoms with E-state index in [0.29, 0.717) is 17.8 Å². The summed E-state index contributed by atoms with van der Waals surface area (Å²) in [6.45, 7) is 2.39. The molecule has 2 rings (SSSR count). The minimum atomic E-state index is -0.568. The Kier molecular flexibility index (Phi) is 5.61. The highest BCUT2D eigenvalue weighted by atomic mass is 19.1. The first kappa shape index (κ1) is 17.1. The molecule has 2 amide bonds. The Balaban J connectivity index is 1.96. The fourth-order valence-electron chi connectivity index (χ4n) is 1.89. The molecule has 6 N–H and O–H groups in total. The lowest BCUT2D eigenvalue weighted by Gasteiger charge is -2.11. The molecule has 0 unspecified atom stereocenters.